The Morgan fingerprint density at radius 3 is 2.48 bits per heavy atom. The van der Waals surface area contributed by atoms with E-state index in [9.17, 15) is 13.2 Å². The van der Waals surface area contributed by atoms with E-state index in [1.807, 2.05) is 6.20 Å². The maximum absolute atomic E-state index is 12.1. The summed E-state index contributed by atoms with van der Waals surface area (Å²) in [5.74, 6) is -0.197. The molecule has 1 aliphatic carbocycles. The zero-order valence-electron chi connectivity index (χ0n) is 11.1. The summed E-state index contributed by atoms with van der Waals surface area (Å²) >= 11 is 0. The Bertz CT molecular complexity index is 589. The SMILES string of the molecule is FC(F)(F)Oc1ccc(C2(NCc3cn[nH]c3)CC2)cc1. The zero-order valence-corrected chi connectivity index (χ0v) is 11.1. The fourth-order valence-corrected chi connectivity index (χ4v) is 2.31. The molecule has 2 aromatic rings. The number of halogens is 3. The Morgan fingerprint density at radius 2 is 1.95 bits per heavy atom. The zero-order chi connectivity index (χ0) is 14.9. The van der Waals surface area contributed by atoms with Crippen LogP contribution in [-0.2, 0) is 12.1 Å². The van der Waals surface area contributed by atoms with Gasteiger partial charge in [0, 0.05) is 23.8 Å². The lowest BCUT2D eigenvalue weighted by Gasteiger charge is -2.18. The molecule has 7 heteroatoms. The van der Waals surface area contributed by atoms with Crippen molar-refractivity contribution in [3.8, 4) is 5.75 Å². The molecule has 0 unspecified atom stereocenters. The lowest BCUT2D eigenvalue weighted by Crippen LogP contribution is -2.28. The molecule has 0 amide bonds. The van der Waals surface area contributed by atoms with E-state index >= 15 is 0 Å². The van der Waals surface area contributed by atoms with Gasteiger partial charge in [-0.05, 0) is 30.5 Å². The smallest absolute Gasteiger partial charge is 0.406 e. The van der Waals surface area contributed by atoms with Gasteiger partial charge in [0.2, 0.25) is 0 Å². The van der Waals surface area contributed by atoms with Gasteiger partial charge in [0.15, 0.2) is 0 Å². The second-order valence-corrected chi connectivity index (χ2v) is 5.11. The van der Waals surface area contributed by atoms with E-state index in [1.54, 1.807) is 18.3 Å². The summed E-state index contributed by atoms with van der Waals surface area (Å²) in [4.78, 5) is 0. The van der Waals surface area contributed by atoms with E-state index in [4.69, 9.17) is 0 Å². The molecule has 1 aromatic heterocycles. The van der Waals surface area contributed by atoms with Gasteiger partial charge in [0.1, 0.15) is 5.75 Å². The number of aromatic nitrogens is 2. The summed E-state index contributed by atoms with van der Waals surface area (Å²) in [5, 5.41) is 10.0. The number of hydrogen-bond acceptors (Lipinski definition) is 3. The number of aromatic amines is 1. The molecule has 1 fully saturated rings. The van der Waals surface area contributed by atoms with E-state index in [1.165, 1.54) is 12.1 Å². The van der Waals surface area contributed by atoms with Gasteiger partial charge in [-0.25, -0.2) is 0 Å². The number of benzene rings is 1. The quantitative estimate of drug-likeness (QED) is 0.891. The minimum atomic E-state index is -4.65. The van der Waals surface area contributed by atoms with Crippen molar-refractivity contribution in [3.63, 3.8) is 0 Å². The van der Waals surface area contributed by atoms with Crippen LogP contribution in [0, 0.1) is 0 Å². The van der Waals surface area contributed by atoms with Crippen molar-refractivity contribution in [1.29, 1.82) is 0 Å². The molecule has 3 rings (SSSR count). The fraction of sp³-hybridized carbons (Fsp3) is 0.357. The molecule has 21 heavy (non-hydrogen) atoms. The van der Waals surface area contributed by atoms with Crippen LogP contribution in [0.25, 0.3) is 0 Å². The Morgan fingerprint density at radius 1 is 1.24 bits per heavy atom. The summed E-state index contributed by atoms with van der Waals surface area (Å²) in [6.07, 6.45) is 0.819. The molecular weight excluding hydrogens is 283 g/mol. The predicted octanol–water partition coefficient (Wildman–Crippen LogP) is 3.09. The Balaban J connectivity index is 1.66. The fourth-order valence-electron chi connectivity index (χ4n) is 2.31. The van der Waals surface area contributed by atoms with Crippen molar-refractivity contribution >= 4 is 0 Å². The third kappa shape index (κ3) is 3.36. The van der Waals surface area contributed by atoms with Crippen molar-refractivity contribution in [1.82, 2.24) is 15.5 Å². The van der Waals surface area contributed by atoms with Crippen molar-refractivity contribution in [3.05, 3.63) is 47.8 Å². The monoisotopic (exact) mass is 297 g/mol. The molecule has 0 bridgehead atoms. The summed E-state index contributed by atoms with van der Waals surface area (Å²) < 4.78 is 40.2. The molecule has 1 aromatic carbocycles. The van der Waals surface area contributed by atoms with E-state index in [0.29, 0.717) is 6.54 Å². The number of ether oxygens (including phenoxy) is 1. The molecule has 4 nitrogen and oxygen atoms in total. The van der Waals surface area contributed by atoms with Crippen LogP contribution < -0.4 is 10.1 Å². The second kappa shape index (κ2) is 5.07. The van der Waals surface area contributed by atoms with Crippen molar-refractivity contribution in [2.24, 2.45) is 0 Å². The first kappa shape index (κ1) is 13.9. The van der Waals surface area contributed by atoms with Gasteiger partial charge < -0.3 is 10.1 Å². The van der Waals surface area contributed by atoms with Crippen LogP contribution in [0.4, 0.5) is 13.2 Å². The average Bonchev–Trinajstić information content (AvgIpc) is 3.03. The lowest BCUT2D eigenvalue weighted by atomic mass is 10.0. The molecule has 112 valence electrons. The minimum absolute atomic E-state index is 0.145. The van der Waals surface area contributed by atoms with Gasteiger partial charge in [0.05, 0.1) is 6.20 Å². The molecule has 1 saturated carbocycles. The molecule has 2 N–H and O–H groups in total. The number of nitrogens with zero attached hydrogens (tertiary/aromatic N) is 1. The van der Waals surface area contributed by atoms with Crippen molar-refractivity contribution in [2.75, 3.05) is 0 Å². The van der Waals surface area contributed by atoms with Crippen molar-refractivity contribution in [2.45, 2.75) is 31.3 Å². The maximum Gasteiger partial charge on any atom is 0.573 e. The average molecular weight is 297 g/mol. The molecule has 0 atom stereocenters. The summed E-state index contributed by atoms with van der Waals surface area (Å²) in [6.45, 7) is 0.664. The predicted molar refractivity (Wildman–Crippen MR) is 69.5 cm³/mol. The first-order chi connectivity index (χ1) is 9.97. The van der Waals surface area contributed by atoms with Gasteiger partial charge in [-0.15, -0.1) is 13.2 Å². The van der Waals surface area contributed by atoms with E-state index in [2.05, 4.69) is 20.3 Å². The normalized spacial score (nSPS) is 16.7. The summed E-state index contributed by atoms with van der Waals surface area (Å²) in [7, 11) is 0. The minimum Gasteiger partial charge on any atom is -0.406 e. The highest BCUT2D eigenvalue weighted by atomic mass is 19.4. The third-order valence-corrected chi connectivity index (χ3v) is 3.58. The highest BCUT2D eigenvalue weighted by Crippen LogP contribution is 2.46. The molecule has 0 aliphatic heterocycles. The Kier molecular flexibility index (Phi) is 3.36. The van der Waals surface area contributed by atoms with Crippen molar-refractivity contribution < 1.29 is 17.9 Å². The van der Waals surface area contributed by atoms with Crippen LogP contribution in [0.5, 0.6) is 5.75 Å². The van der Waals surface area contributed by atoms with E-state index in [-0.39, 0.29) is 11.3 Å². The topological polar surface area (TPSA) is 49.9 Å². The molecule has 0 radical (unpaired) electrons. The lowest BCUT2D eigenvalue weighted by molar-refractivity contribution is -0.274. The molecule has 0 spiro atoms. The van der Waals surface area contributed by atoms with Crippen LogP contribution >= 0.6 is 0 Å². The van der Waals surface area contributed by atoms with Crippen LogP contribution in [0.2, 0.25) is 0 Å². The van der Waals surface area contributed by atoms with Gasteiger partial charge in [-0.3, -0.25) is 5.10 Å². The molecule has 0 saturated heterocycles. The standard InChI is InChI=1S/C14H14F3N3O/c15-14(16,17)21-12-3-1-11(2-4-12)13(5-6-13)18-7-10-8-19-20-9-10/h1-4,8-9,18H,5-7H2,(H,19,20). The van der Waals surface area contributed by atoms with Gasteiger partial charge in [-0.2, -0.15) is 5.10 Å². The Labute approximate surface area is 119 Å². The van der Waals surface area contributed by atoms with Gasteiger partial charge in [-0.1, -0.05) is 12.1 Å². The van der Waals surface area contributed by atoms with E-state index < -0.39 is 6.36 Å². The third-order valence-electron chi connectivity index (χ3n) is 3.58. The molecular formula is C14H14F3N3O. The van der Waals surface area contributed by atoms with Gasteiger partial charge >= 0.3 is 6.36 Å². The number of H-pyrrole nitrogens is 1. The highest BCUT2D eigenvalue weighted by molar-refractivity contribution is 5.35. The summed E-state index contributed by atoms with van der Waals surface area (Å²) in [6, 6.07) is 6.05. The maximum atomic E-state index is 12.1. The first-order valence-corrected chi connectivity index (χ1v) is 6.56. The Hall–Kier alpha value is -2.02. The van der Waals surface area contributed by atoms with E-state index in [0.717, 1.165) is 24.0 Å². The van der Waals surface area contributed by atoms with Gasteiger partial charge in [0.25, 0.3) is 0 Å². The summed E-state index contributed by atoms with van der Waals surface area (Å²) in [5.41, 5.74) is 1.87. The first-order valence-electron chi connectivity index (χ1n) is 6.56. The van der Waals surface area contributed by atoms with Crippen LogP contribution in [0.1, 0.15) is 24.0 Å². The number of hydrogen-bond donors (Lipinski definition) is 2. The largest absolute Gasteiger partial charge is 0.573 e. The van der Waals surface area contributed by atoms with Crippen LogP contribution in [-0.4, -0.2) is 16.6 Å². The number of nitrogens with one attached hydrogen (secondary N) is 2. The molecule has 1 aliphatic rings. The van der Waals surface area contributed by atoms with Crippen LogP contribution in [0.3, 0.4) is 0 Å². The highest BCUT2D eigenvalue weighted by Gasteiger charge is 2.43. The second-order valence-electron chi connectivity index (χ2n) is 5.11. The van der Waals surface area contributed by atoms with Crippen LogP contribution in [0.15, 0.2) is 36.7 Å². The number of rotatable bonds is 5. The number of alkyl halides is 3. The molecule has 1 heterocycles.